The summed E-state index contributed by atoms with van der Waals surface area (Å²) in [6.45, 7) is 7.55. The largest absolute Gasteiger partial charge is 0.337 e. The number of rotatable bonds is 6. The lowest BCUT2D eigenvalue weighted by molar-refractivity contribution is -0.127. The minimum atomic E-state index is 0.103. The highest BCUT2D eigenvalue weighted by atomic mass is 16.2. The molecule has 5 heteroatoms. The molecule has 1 aliphatic rings. The molecule has 25 heavy (non-hydrogen) atoms. The lowest BCUT2D eigenvalue weighted by Gasteiger charge is -2.34. The molecule has 0 unspecified atom stereocenters. The summed E-state index contributed by atoms with van der Waals surface area (Å²) < 4.78 is 2.22. The fraction of sp³-hybridized carbons (Fsp3) is 0.400. The van der Waals surface area contributed by atoms with Crippen molar-refractivity contribution in [2.75, 3.05) is 32.7 Å². The summed E-state index contributed by atoms with van der Waals surface area (Å²) in [5, 5.41) is 0. The number of aryl methyl sites for hydroxylation is 1. The highest BCUT2D eigenvalue weighted by molar-refractivity contribution is 5.91. The van der Waals surface area contributed by atoms with Gasteiger partial charge in [0.2, 0.25) is 5.91 Å². The normalized spacial score (nSPS) is 15.8. The molecule has 1 amide bonds. The molecule has 5 nitrogen and oxygen atoms in total. The molecule has 1 aromatic heterocycles. The van der Waals surface area contributed by atoms with Crippen molar-refractivity contribution in [3.63, 3.8) is 0 Å². The molecule has 1 aromatic carbocycles. The number of hydrogen-bond donors (Lipinski definition) is 0. The summed E-state index contributed by atoms with van der Waals surface area (Å²) in [5.74, 6) is 1.24. The van der Waals surface area contributed by atoms with Crippen molar-refractivity contribution in [2.45, 2.75) is 19.9 Å². The zero-order chi connectivity index (χ0) is 17.5. The Kier molecular flexibility index (Phi) is 6.01. The van der Waals surface area contributed by atoms with E-state index in [-0.39, 0.29) is 5.91 Å². The molecule has 0 aliphatic carbocycles. The number of carbonyl (C=O) groups excluding carboxylic acids is 1. The molecule has 1 saturated heterocycles. The van der Waals surface area contributed by atoms with Crippen LogP contribution in [-0.2, 0) is 17.8 Å². The van der Waals surface area contributed by atoms with Crippen molar-refractivity contribution >= 4 is 12.0 Å². The van der Waals surface area contributed by atoms with Crippen molar-refractivity contribution in [1.82, 2.24) is 19.4 Å². The van der Waals surface area contributed by atoms with Crippen LogP contribution < -0.4 is 0 Å². The van der Waals surface area contributed by atoms with Gasteiger partial charge in [-0.1, -0.05) is 37.3 Å². The lowest BCUT2D eigenvalue weighted by atomic mass is 10.2. The third-order valence-corrected chi connectivity index (χ3v) is 4.68. The van der Waals surface area contributed by atoms with Crippen LogP contribution in [0.4, 0.5) is 0 Å². The van der Waals surface area contributed by atoms with E-state index >= 15 is 0 Å². The van der Waals surface area contributed by atoms with Gasteiger partial charge in [-0.05, 0) is 11.6 Å². The molecule has 1 fully saturated rings. The van der Waals surface area contributed by atoms with Crippen molar-refractivity contribution in [1.29, 1.82) is 0 Å². The Morgan fingerprint density at radius 2 is 1.88 bits per heavy atom. The number of nitrogens with zero attached hydrogens (tertiary/aromatic N) is 4. The fourth-order valence-corrected chi connectivity index (χ4v) is 3.14. The van der Waals surface area contributed by atoms with Gasteiger partial charge >= 0.3 is 0 Å². The molecule has 0 spiro atoms. The molecule has 3 rings (SSSR count). The first kappa shape index (κ1) is 17.4. The second kappa shape index (κ2) is 8.62. The van der Waals surface area contributed by atoms with E-state index < -0.39 is 0 Å². The molecule has 1 aliphatic heterocycles. The van der Waals surface area contributed by atoms with E-state index in [0.717, 1.165) is 57.1 Å². The minimum Gasteiger partial charge on any atom is -0.337 e. The SMILES string of the molecule is CCc1nccn1CCN1CCN(C(=O)/C=C/c2ccccc2)CC1. The van der Waals surface area contributed by atoms with E-state index in [9.17, 15) is 4.79 Å². The van der Waals surface area contributed by atoms with E-state index in [0.29, 0.717) is 0 Å². The van der Waals surface area contributed by atoms with Gasteiger partial charge in [0.25, 0.3) is 0 Å². The third kappa shape index (κ3) is 4.79. The Balaban J connectivity index is 1.43. The molecule has 0 saturated carbocycles. The van der Waals surface area contributed by atoms with Gasteiger partial charge < -0.3 is 9.47 Å². The first-order chi connectivity index (χ1) is 12.3. The number of carbonyl (C=O) groups is 1. The van der Waals surface area contributed by atoms with E-state index in [1.807, 2.05) is 53.7 Å². The van der Waals surface area contributed by atoms with Gasteiger partial charge in [-0.25, -0.2) is 4.98 Å². The van der Waals surface area contributed by atoms with Crippen LogP contribution in [0.15, 0.2) is 48.8 Å². The van der Waals surface area contributed by atoms with Crippen LogP contribution in [0.25, 0.3) is 6.08 Å². The maximum absolute atomic E-state index is 12.3. The summed E-state index contributed by atoms with van der Waals surface area (Å²) >= 11 is 0. The van der Waals surface area contributed by atoms with Crippen molar-refractivity contribution in [3.8, 4) is 0 Å². The maximum atomic E-state index is 12.3. The molecule has 0 bridgehead atoms. The highest BCUT2D eigenvalue weighted by Crippen LogP contribution is 2.07. The first-order valence-electron chi connectivity index (χ1n) is 9.00. The van der Waals surface area contributed by atoms with Gasteiger partial charge in [0, 0.05) is 64.2 Å². The van der Waals surface area contributed by atoms with E-state index in [4.69, 9.17) is 0 Å². The Morgan fingerprint density at radius 1 is 1.12 bits per heavy atom. The monoisotopic (exact) mass is 338 g/mol. The van der Waals surface area contributed by atoms with Crippen molar-refractivity contribution in [3.05, 3.63) is 60.2 Å². The Hall–Kier alpha value is -2.40. The summed E-state index contributed by atoms with van der Waals surface area (Å²) in [5.41, 5.74) is 1.06. The number of benzene rings is 1. The molecule has 0 atom stereocenters. The van der Waals surface area contributed by atoms with E-state index in [1.54, 1.807) is 6.08 Å². The Bertz CT molecular complexity index is 699. The van der Waals surface area contributed by atoms with Gasteiger partial charge in [0.15, 0.2) is 0 Å². The van der Waals surface area contributed by atoms with Crippen LogP contribution >= 0.6 is 0 Å². The molecule has 0 radical (unpaired) electrons. The van der Waals surface area contributed by atoms with Crippen LogP contribution in [-0.4, -0.2) is 58.0 Å². The van der Waals surface area contributed by atoms with Crippen molar-refractivity contribution < 1.29 is 4.79 Å². The van der Waals surface area contributed by atoms with E-state index in [2.05, 4.69) is 21.4 Å². The zero-order valence-corrected chi connectivity index (χ0v) is 14.8. The summed E-state index contributed by atoms with van der Waals surface area (Å²) in [6.07, 6.45) is 8.45. The highest BCUT2D eigenvalue weighted by Gasteiger charge is 2.19. The zero-order valence-electron chi connectivity index (χ0n) is 14.8. The van der Waals surface area contributed by atoms with Gasteiger partial charge in [0.1, 0.15) is 5.82 Å². The number of hydrogen-bond acceptors (Lipinski definition) is 3. The molecule has 0 N–H and O–H groups in total. The molecular formula is C20H26N4O. The molecule has 132 valence electrons. The van der Waals surface area contributed by atoms with Gasteiger partial charge in [-0.15, -0.1) is 0 Å². The minimum absolute atomic E-state index is 0.103. The number of aromatic nitrogens is 2. The van der Waals surface area contributed by atoms with Gasteiger partial charge in [0.05, 0.1) is 0 Å². The van der Waals surface area contributed by atoms with Gasteiger partial charge in [-0.3, -0.25) is 9.69 Å². The maximum Gasteiger partial charge on any atom is 0.246 e. The van der Waals surface area contributed by atoms with Crippen molar-refractivity contribution in [2.24, 2.45) is 0 Å². The predicted molar refractivity (Wildman–Crippen MR) is 100 cm³/mol. The summed E-state index contributed by atoms with van der Waals surface area (Å²) in [7, 11) is 0. The number of imidazole rings is 1. The van der Waals surface area contributed by atoms with E-state index in [1.165, 1.54) is 0 Å². The van der Waals surface area contributed by atoms with Crippen LogP contribution in [0.3, 0.4) is 0 Å². The summed E-state index contributed by atoms with van der Waals surface area (Å²) in [4.78, 5) is 21.0. The van der Waals surface area contributed by atoms with Crippen LogP contribution in [0.5, 0.6) is 0 Å². The van der Waals surface area contributed by atoms with Crippen LogP contribution in [0.2, 0.25) is 0 Å². The van der Waals surface area contributed by atoms with Crippen LogP contribution in [0.1, 0.15) is 18.3 Å². The third-order valence-electron chi connectivity index (χ3n) is 4.68. The number of amides is 1. The second-order valence-electron chi connectivity index (χ2n) is 6.30. The summed E-state index contributed by atoms with van der Waals surface area (Å²) in [6, 6.07) is 9.94. The predicted octanol–water partition coefficient (Wildman–Crippen LogP) is 2.30. The lowest BCUT2D eigenvalue weighted by Crippen LogP contribution is -2.48. The molecular weight excluding hydrogens is 312 g/mol. The Morgan fingerprint density at radius 3 is 2.60 bits per heavy atom. The average molecular weight is 338 g/mol. The molecule has 2 heterocycles. The quantitative estimate of drug-likeness (QED) is 0.759. The Labute approximate surface area is 149 Å². The first-order valence-corrected chi connectivity index (χ1v) is 9.00. The number of piperazine rings is 1. The molecule has 2 aromatic rings. The van der Waals surface area contributed by atoms with Gasteiger partial charge in [-0.2, -0.15) is 0 Å². The smallest absolute Gasteiger partial charge is 0.246 e. The van der Waals surface area contributed by atoms with Crippen LogP contribution in [0, 0.1) is 0 Å². The standard InChI is InChI=1S/C20H26N4O/c1-2-19-21-10-11-23(19)15-12-22-13-16-24(17-14-22)20(25)9-8-18-6-4-3-5-7-18/h3-11H,2,12-17H2,1H3/b9-8+. The average Bonchev–Trinajstić information content (AvgIpc) is 3.13. The second-order valence-corrected chi connectivity index (χ2v) is 6.30. The fourth-order valence-electron chi connectivity index (χ4n) is 3.14. The topological polar surface area (TPSA) is 41.4 Å².